The maximum Gasteiger partial charge on any atom is 0.225 e. The van der Waals surface area contributed by atoms with Crippen molar-refractivity contribution in [2.45, 2.75) is 57.6 Å². The summed E-state index contributed by atoms with van der Waals surface area (Å²) >= 11 is 0. The SMILES string of the molecule is C=CC(=O)Cc1cccc(C(C)Oc2cc(C#N)c(N3CCN(C(=O)CCOC)[C@H](C)C3)nc2C2CC2)c1. The maximum absolute atomic E-state index is 12.6. The molecule has 1 aromatic heterocycles. The fraction of sp³-hybridized carbons (Fsp3) is 0.467. The molecule has 200 valence electrons. The number of carbonyl (C=O) groups is 2. The number of anilines is 1. The molecule has 1 amide bonds. The highest BCUT2D eigenvalue weighted by molar-refractivity contribution is 5.90. The minimum Gasteiger partial charge on any atom is -0.484 e. The van der Waals surface area contributed by atoms with Crippen molar-refractivity contribution >= 4 is 17.5 Å². The zero-order chi connectivity index (χ0) is 27.2. The molecule has 2 atom stereocenters. The number of benzene rings is 1. The first-order chi connectivity index (χ1) is 18.3. The molecule has 1 saturated carbocycles. The van der Waals surface area contributed by atoms with E-state index in [1.807, 2.05) is 49.1 Å². The van der Waals surface area contributed by atoms with Gasteiger partial charge in [-0.1, -0.05) is 30.8 Å². The number of pyridine rings is 1. The lowest BCUT2D eigenvalue weighted by molar-refractivity contribution is -0.134. The molecule has 2 aromatic rings. The summed E-state index contributed by atoms with van der Waals surface area (Å²) in [6.45, 7) is 9.76. The molecule has 0 spiro atoms. The van der Waals surface area contributed by atoms with Crippen molar-refractivity contribution in [3.63, 3.8) is 0 Å². The van der Waals surface area contributed by atoms with Gasteiger partial charge in [0, 0.05) is 51.2 Å². The van der Waals surface area contributed by atoms with E-state index in [9.17, 15) is 14.9 Å². The third-order valence-corrected chi connectivity index (χ3v) is 7.18. The first-order valence-corrected chi connectivity index (χ1v) is 13.2. The molecule has 1 aliphatic heterocycles. The molecule has 1 saturated heterocycles. The predicted octanol–water partition coefficient (Wildman–Crippen LogP) is 4.34. The number of methoxy groups -OCH3 is 1. The van der Waals surface area contributed by atoms with E-state index >= 15 is 0 Å². The van der Waals surface area contributed by atoms with Crippen LogP contribution in [0.5, 0.6) is 5.75 Å². The van der Waals surface area contributed by atoms with Crippen LogP contribution in [0, 0.1) is 11.3 Å². The molecule has 8 heteroatoms. The number of carbonyl (C=O) groups excluding carboxylic acids is 2. The molecule has 8 nitrogen and oxygen atoms in total. The summed E-state index contributed by atoms with van der Waals surface area (Å²) in [5, 5.41) is 10.0. The van der Waals surface area contributed by atoms with E-state index in [2.05, 4.69) is 17.5 Å². The zero-order valence-corrected chi connectivity index (χ0v) is 22.5. The highest BCUT2D eigenvalue weighted by Gasteiger charge is 2.33. The van der Waals surface area contributed by atoms with Crippen LogP contribution in [0.15, 0.2) is 43.0 Å². The third-order valence-electron chi connectivity index (χ3n) is 7.18. The second-order valence-corrected chi connectivity index (χ2v) is 10.1. The molecule has 1 unspecified atom stereocenters. The average Bonchev–Trinajstić information content (AvgIpc) is 3.77. The summed E-state index contributed by atoms with van der Waals surface area (Å²) < 4.78 is 11.5. The Morgan fingerprint density at radius 3 is 2.74 bits per heavy atom. The highest BCUT2D eigenvalue weighted by Crippen LogP contribution is 2.45. The largest absolute Gasteiger partial charge is 0.484 e. The van der Waals surface area contributed by atoms with Crippen LogP contribution in [-0.4, -0.2) is 61.0 Å². The van der Waals surface area contributed by atoms with E-state index in [0.717, 1.165) is 29.7 Å². The summed E-state index contributed by atoms with van der Waals surface area (Å²) in [6.07, 6.45) is 3.81. The Hall–Kier alpha value is -3.70. The number of amides is 1. The molecular weight excluding hydrogens is 480 g/mol. The lowest BCUT2D eigenvalue weighted by Gasteiger charge is -2.41. The standard InChI is InChI=1S/C30H36N4O4/c1-5-26(35)16-22-7-6-8-24(15-22)21(3)38-27-17-25(18-31)30(32-29(27)23-9-10-23)33-12-13-34(20(2)19-33)28(36)11-14-37-4/h5-8,15,17,20-21,23H,1,9-14,16,19H2,2-4H3/t20-,21?/m1/s1. The molecule has 2 fully saturated rings. The molecular formula is C30H36N4O4. The first kappa shape index (κ1) is 27.3. The van der Waals surface area contributed by atoms with Crippen molar-refractivity contribution < 1.29 is 19.1 Å². The Morgan fingerprint density at radius 2 is 2.08 bits per heavy atom. The van der Waals surface area contributed by atoms with Gasteiger partial charge in [-0.25, -0.2) is 4.98 Å². The minimum absolute atomic E-state index is 0.00187. The van der Waals surface area contributed by atoms with Gasteiger partial charge in [0.1, 0.15) is 23.7 Å². The van der Waals surface area contributed by atoms with Gasteiger partial charge in [0.25, 0.3) is 0 Å². The van der Waals surface area contributed by atoms with Crippen molar-refractivity contribution in [2.75, 3.05) is 38.3 Å². The van der Waals surface area contributed by atoms with Crippen LogP contribution < -0.4 is 9.64 Å². The molecule has 1 aromatic carbocycles. The van der Waals surface area contributed by atoms with E-state index < -0.39 is 0 Å². The summed E-state index contributed by atoms with van der Waals surface area (Å²) in [7, 11) is 1.60. The highest BCUT2D eigenvalue weighted by atomic mass is 16.5. The summed E-state index contributed by atoms with van der Waals surface area (Å²) in [4.78, 5) is 33.4. The number of ketones is 1. The van der Waals surface area contributed by atoms with Crippen molar-refractivity contribution in [1.82, 2.24) is 9.88 Å². The van der Waals surface area contributed by atoms with Crippen molar-refractivity contribution in [2.24, 2.45) is 0 Å². The van der Waals surface area contributed by atoms with Crippen LogP contribution in [0.2, 0.25) is 0 Å². The number of nitrogens with zero attached hydrogens (tertiary/aromatic N) is 4. The lowest BCUT2D eigenvalue weighted by Crippen LogP contribution is -2.54. The van der Waals surface area contributed by atoms with Crippen LogP contribution in [0.25, 0.3) is 0 Å². The van der Waals surface area contributed by atoms with E-state index in [4.69, 9.17) is 14.5 Å². The van der Waals surface area contributed by atoms with E-state index in [1.54, 1.807) is 7.11 Å². The fourth-order valence-electron chi connectivity index (χ4n) is 4.91. The number of piperazine rings is 1. The van der Waals surface area contributed by atoms with Gasteiger partial charge >= 0.3 is 0 Å². The number of hydrogen-bond donors (Lipinski definition) is 0. The van der Waals surface area contributed by atoms with Crippen molar-refractivity contribution in [1.29, 1.82) is 5.26 Å². The number of hydrogen-bond acceptors (Lipinski definition) is 7. The van der Waals surface area contributed by atoms with Gasteiger partial charge in [-0.15, -0.1) is 0 Å². The van der Waals surface area contributed by atoms with Crippen LogP contribution >= 0.6 is 0 Å². The Bertz CT molecular complexity index is 1230. The normalized spacial score (nSPS) is 18.0. The van der Waals surface area contributed by atoms with Gasteiger partial charge in [0.2, 0.25) is 5.91 Å². The van der Waals surface area contributed by atoms with E-state index in [1.165, 1.54) is 6.08 Å². The number of ether oxygens (including phenoxy) is 2. The summed E-state index contributed by atoms with van der Waals surface area (Å²) in [6, 6.07) is 11.9. The summed E-state index contributed by atoms with van der Waals surface area (Å²) in [5.74, 6) is 1.67. The number of rotatable bonds is 11. The molecule has 1 aliphatic carbocycles. The molecule has 2 aliphatic rings. The van der Waals surface area contributed by atoms with Gasteiger partial charge in [0.05, 0.1) is 24.3 Å². The average molecular weight is 517 g/mol. The van der Waals surface area contributed by atoms with Crippen LogP contribution in [0.1, 0.15) is 67.5 Å². The van der Waals surface area contributed by atoms with E-state index in [-0.39, 0.29) is 23.8 Å². The van der Waals surface area contributed by atoms with Gasteiger partial charge in [-0.05, 0) is 43.9 Å². The van der Waals surface area contributed by atoms with Crippen LogP contribution in [0.4, 0.5) is 5.82 Å². The Labute approximate surface area is 224 Å². The Morgan fingerprint density at radius 1 is 1.29 bits per heavy atom. The monoisotopic (exact) mass is 516 g/mol. The minimum atomic E-state index is -0.285. The number of allylic oxidation sites excluding steroid dienone is 1. The molecule has 4 rings (SSSR count). The molecule has 0 bridgehead atoms. The van der Waals surface area contributed by atoms with Gasteiger partial charge in [0.15, 0.2) is 5.78 Å². The maximum atomic E-state index is 12.6. The number of aromatic nitrogens is 1. The van der Waals surface area contributed by atoms with Crippen molar-refractivity contribution in [3.05, 3.63) is 65.4 Å². The quantitative estimate of drug-likeness (QED) is 0.410. The predicted molar refractivity (Wildman–Crippen MR) is 145 cm³/mol. The van der Waals surface area contributed by atoms with Gasteiger partial charge in [-0.3, -0.25) is 9.59 Å². The van der Waals surface area contributed by atoms with Gasteiger partial charge < -0.3 is 19.3 Å². The zero-order valence-electron chi connectivity index (χ0n) is 22.5. The van der Waals surface area contributed by atoms with Crippen LogP contribution in [0.3, 0.4) is 0 Å². The molecule has 0 N–H and O–H groups in total. The fourth-order valence-corrected chi connectivity index (χ4v) is 4.91. The second-order valence-electron chi connectivity index (χ2n) is 10.1. The van der Waals surface area contributed by atoms with Gasteiger partial charge in [-0.2, -0.15) is 5.26 Å². The molecule has 2 heterocycles. The first-order valence-electron chi connectivity index (χ1n) is 13.2. The van der Waals surface area contributed by atoms with Crippen molar-refractivity contribution in [3.8, 4) is 11.8 Å². The molecule has 0 radical (unpaired) electrons. The van der Waals surface area contributed by atoms with E-state index in [0.29, 0.717) is 62.1 Å². The number of nitriles is 1. The second kappa shape index (κ2) is 12.2. The Balaban J connectivity index is 1.54. The van der Waals surface area contributed by atoms with Crippen LogP contribution in [-0.2, 0) is 20.7 Å². The third kappa shape index (κ3) is 6.40. The lowest BCUT2D eigenvalue weighted by atomic mass is 10.0. The molecule has 38 heavy (non-hydrogen) atoms. The topological polar surface area (TPSA) is 95.8 Å². The summed E-state index contributed by atoms with van der Waals surface area (Å²) in [5.41, 5.74) is 3.21. The Kier molecular flexibility index (Phi) is 8.80. The smallest absolute Gasteiger partial charge is 0.225 e.